The predicted molar refractivity (Wildman–Crippen MR) is 138 cm³/mol. The second-order valence-corrected chi connectivity index (χ2v) is 10.4. The number of morpholine rings is 1. The van der Waals surface area contributed by atoms with Crippen LogP contribution in [-0.2, 0) is 14.3 Å². The molecule has 1 aromatic carbocycles. The number of aliphatic hydroxyl groups excluding tert-OH is 2. The van der Waals surface area contributed by atoms with Gasteiger partial charge in [-0.1, -0.05) is 12.1 Å². The molecule has 2 amide bonds. The predicted octanol–water partition coefficient (Wildman–Crippen LogP) is 0.777. The molecule has 1 saturated carbocycles. The number of benzene rings is 1. The van der Waals surface area contributed by atoms with Gasteiger partial charge in [0.15, 0.2) is 0 Å². The lowest BCUT2D eigenvalue weighted by Gasteiger charge is -2.41. The number of rotatable bonds is 10. The van der Waals surface area contributed by atoms with Gasteiger partial charge in [0.1, 0.15) is 18.0 Å². The van der Waals surface area contributed by atoms with Crippen LogP contribution in [0.3, 0.4) is 0 Å². The molecule has 0 spiro atoms. The van der Waals surface area contributed by atoms with E-state index in [1.54, 1.807) is 11.0 Å². The molecule has 35 heavy (non-hydrogen) atoms. The van der Waals surface area contributed by atoms with Crippen molar-refractivity contribution in [2.75, 3.05) is 52.5 Å². The van der Waals surface area contributed by atoms with E-state index < -0.39 is 18.2 Å². The molecule has 3 unspecified atom stereocenters. The molecule has 3 aliphatic rings. The Hall–Kier alpha value is -1.73. The topological polar surface area (TPSA) is 112 Å². The molecule has 4 rings (SSSR count). The Labute approximate surface area is 219 Å². The lowest BCUT2D eigenvalue weighted by atomic mass is 9.88. The molecule has 2 fully saturated rings. The van der Waals surface area contributed by atoms with E-state index in [0.717, 1.165) is 29.5 Å². The van der Waals surface area contributed by atoms with Gasteiger partial charge in [-0.25, -0.2) is 0 Å². The molecule has 0 aromatic heterocycles. The molecule has 1 saturated heterocycles. The maximum Gasteiger partial charge on any atom is 0.247 e. The second kappa shape index (κ2) is 12.5. The third kappa shape index (κ3) is 6.94. The molecule has 2 aliphatic carbocycles. The van der Waals surface area contributed by atoms with Crippen LogP contribution in [0.4, 0.5) is 0 Å². The van der Waals surface area contributed by atoms with Crippen LogP contribution in [0.5, 0.6) is 5.75 Å². The zero-order valence-electron chi connectivity index (χ0n) is 19.8. The zero-order chi connectivity index (χ0) is 24.8. The zero-order valence-corrected chi connectivity index (χ0v) is 21.9. The number of para-hydroxylation sites is 1. The Kier molecular flexibility index (Phi) is 9.40. The van der Waals surface area contributed by atoms with Gasteiger partial charge in [-0.3, -0.25) is 14.5 Å². The van der Waals surface area contributed by atoms with Crippen molar-refractivity contribution in [3.8, 4) is 5.75 Å². The van der Waals surface area contributed by atoms with E-state index in [-0.39, 0.29) is 37.3 Å². The van der Waals surface area contributed by atoms with Gasteiger partial charge in [0.05, 0.1) is 29.4 Å². The van der Waals surface area contributed by atoms with Crippen LogP contribution in [0, 0.1) is 9.49 Å². The van der Waals surface area contributed by atoms with Crippen molar-refractivity contribution in [1.29, 1.82) is 0 Å². The molecule has 1 aromatic rings. The van der Waals surface area contributed by atoms with Crippen LogP contribution in [0.2, 0.25) is 0 Å². The average Bonchev–Trinajstić information content (AvgIpc) is 3.72. The first-order chi connectivity index (χ1) is 17.0. The van der Waals surface area contributed by atoms with E-state index >= 15 is 0 Å². The van der Waals surface area contributed by atoms with Crippen LogP contribution < -0.4 is 10.1 Å². The first-order valence-electron chi connectivity index (χ1n) is 12.3. The number of ether oxygens (including phenoxy) is 2. The van der Waals surface area contributed by atoms with E-state index in [1.165, 1.54) is 0 Å². The third-order valence-corrected chi connectivity index (χ3v) is 7.58. The van der Waals surface area contributed by atoms with E-state index in [1.807, 2.05) is 24.3 Å². The van der Waals surface area contributed by atoms with Crippen LogP contribution in [0.25, 0.3) is 0 Å². The summed E-state index contributed by atoms with van der Waals surface area (Å²) in [5.41, 5.74) is 0.449. The van der Waals surface area contributed by atoms with Crippen molar-refractivity contribution in [2.45, 2.75) is 37.5 Å². The summed E-state index contributed by atoms with van der Waals surface area (Å²) in [6, 6.07) is 6.90. The van der Waals surface area contributed by atoms with E-state index in [2.05, 4.69) is 32.8 Å². The number of nitrogens with one attached hydrogen (secondary N) is 1. The quantitative estimate of drug-likeness (QED) is 0.341. The minimum absolute atomic E-state index is 0.0149. The number of hydrogen-bond donors (Lipinski definition) is 3. The number of carbonyl (C=O) groups is 2. The lowest BCUT2D eigenvalue weighted by Crippen LogP contribution is -2.57. The molecule has 0 bridgehead atoms. The number of hydrogen-bond acceptors (Lipinski definition) is 7. The number of carbonyl (C=O) groups excluding carboxylic acids is 2. The summed E-state index contributed by atoms with van der Waals surface area (Å²) < 4.78 is 12.5. The van der Waals surface area contributed by atoms with E-state index in [0.29, 0.717) is 37.6 Å². The Morgan fingerprint density at radius 2 is 1.97 bits per heavy atom. The average molecular weight is 599 g/mol. The summed E-state index contributed by atoms with van der Waals surface area (Å²) in [5, 5.41) is 23.3. The molecule has 192 valence electrons. The number of aliphatic hydroxyl groups is 2. The van der Waals surface area contributed by atoms with Gasteiger partial charge in [-0.15, -0.1) is 0 Å². The van der Waals surface area contributed by atoms with Crippen molar-refractivity contribution in [2.24, 2.45) is 5.92 Å². The van der Waals surface area contributed by atoms with Gasteiger partial charge in [0, 0.05) is 50.6 Å². The fourth-order valence-electron chi connectivity index (χ4n) is 4.54. The number of halogens is 1. The lowest BCUT2D eigenvalue weighted by molar-refractivity contribution is -0.140. The van der Waals surface area contributed by atoms with Crippen LogP contribution in [0.1, 0.15) is 19.3 Å². The van der Waals surface area contributed by atoms with Crippen LogP contribution >= 0.6 is 22.6 Å². The largest absolute Gasteiger partial charge is 0.482 e. The molecule has 0 radical (unpaired) electrons. The SMILES string of the molecule is O=C(NCCO)C1=CC(Oc2ccccc2I)C(O)C(N(CCN2CCOCC2)C(=O)C2CC2)C1. The van der Waals surface area contributed by atoms with Gasteiger partial charge in [-0.2, -0.15) is 0 Å². The molecular weight excluding hydrogens is 565 g/mol. The fourth-order valence-corrected chi connectivity index (χ4v) is 5.06. The first kappa shape index (κ1) is 26.3. The minimum atomic E-state index is -0.993. The third-order valence-electron chi connectivity index (χ3n) is 6.68. The van der Waals surface area contributed by atoms with Gasteiger partial charge in [0.25, 0.3) is 0 Å². The highest BCUT2D eigenvalue weighted by molar-refractivity contribution is 14.1. The van der Waals surface area contributed by atoms with Crippen molar-refractivity contribution < 1.29 is 29.3 Å². The van der Waals surface area contributed by atoms with E-state index in [4.69, 9.17) is 14.6 Å². The highest BCUT2D eigenvalue weighted by Crippen LogP contribution is 2.35. The Balaban J connectivity index is 1.57. The molecule has 10 heteroatoms. The standard InChI is InChI=1S/C25H34IN3O6/c26-19-3-1-2-4-21(19)35-22-16-18(24(32)27-7-12-30)15-20(23(22)31)29(25(33)17-5-6-17)9-8-28-10-13-34-14-11-28/h1-4,16-17,20,22-23,30-31H,5-15H2,(H,27,32). The summed E-state index contributed by atoms with van der Waals surface area (Å²) in [4.78, 5) is 30.3. The summed E-state index contributed by atoms with van der Waals surface area (Å²) >= 11 is 2.17. The highest BCUT2D eigenvalue weighted by Gasteiger charge is 2.43. The smallest absolute Gasteiger partial charge is 0.247 e. The second-order valence-electron chi connectivity index (χ2n) is 9.21. The van der Waals surface area contributed by atoms with Crippen molar-refractivity contribution in [3.63, 3.8) is 0 Å². The molecule has 3 N–H and O–H groups in total. The van der Waals surface area contributed by atoms with Crippen molar-refractivity contribution in [3.05, 3.63) is 39.5 Å². The van der Waals surface area contributed by atoms with Crippen molar-refractivity contribution in [1.82, 2.24) is 15.1 Å². The maximum absolute atomic E-state index is 13.4. The van der Waals surface area contributed by atoms with Crippen LogP contribution in [-0.4, -0.2) is 103 Å². The number of nitrogens with zero attached hydrogens (tertiary/aromatic N) is 2. The maximum atomic E-state index is 13.4. The molecule has 1 aliphatic heterocycles. The Morgan fingerprint density at radius 1 is 1.23 bits per heavy atom. The summed E-state index contributed by atoms with van der Waals surface area (Å²) in [5.74, 6) is 0.308. The minimum Gasteiger partial charge on any atom is -0.482 e. The van der Waals surface area contributed by atoms with Crippen molar-refractivity contribution >= 4 is 34.4 Å². The summed E-state index contributed by atoms with van der Waals surface area (Å²) in [7, 11) is 0. The Bertz CT molecular complexity index is 918. The van der Waals surface area contributed by atoms with E-state index in [9.17, 15) is 14.7 Å². The van der Waals surface area contributed by atoms with Gasteiger partial charge >= 0.3 is 0 Å². The molecular formula is C25H34IN3O6. The van der Waals surface area contributed by atoms with Crippen LogP contribution in [0.15, 0.2) is 35.9 Å². The molecule has 3 atom stereocenters. The molecule has 9 nitrogen and oxygen atoms in total. The summed E-state index contributed by atoms with van der Waals surface area (Å²) in [6.07, 6.45) is 1.81. The highest BCUT2D eigenvalue weighted by atomic mass is 127. The van der Waals surface area contributed by atoms with Gasteiger partial charge < -0.3 is 29.9 Å². The number of amides is 2. The molecule has 1 heterocycles. The first-order valence-corrected chi connectivity index (χ1v) is 13.4. The Morgan fingerprint density at radius 3 is 2.66 bits per heavy atom. The fraction of sp³-hybridized carbons (Fsp3) is 0.600. The summed E-state index contributed by atoms with van der Waals surface area (Å²) in [6.45, 7) is 4.09. The van der Waals surface area contributed by atoms with Gasteiger partial charge in [0.2, 0.25) is 11.8 Å². The monoisotopic (exact) mass is 599 g/mol. The van der Waals surface area contributed by atoms with Gasteiger partial charge in [-0.05, 0) is 53.6 Å². The normalized spacial score (nSPS) is 25.0.